The first-order chi connectivity index (χ1) is 12.7. The number of aldehydes is 1. The fourth-order valence-electron chi connectivity index (χ4n) is 2.83. The summed E-state index contributed by atoms with van der Waals surface area (Å²) in [6.07, 6.45) is 3.81. The van der Waals surface area contributed by atoms with Crippen LogP contribution < -0.4 is 0 Å². The summed E-state index contributed by atoms with van der Waals surface area (Å²) in [6.45, 7) is 1.75. The maximum absolute atomic E-state index is 12.9. The lowest BCUT2D eigenvalue weighted by Crippen LogP contribution is -2.15. The maximum Gasteiger partial charge on any atom is 0.280 e. The first-order valence-electron chi connectivity index (χ1n) is 8.04. The summed E-state index contributed by atoms with van der Waals surface area (Å²) in [5, 5.41) is 5.11. The average Bonchev–Trinajstić information content (AvgIpc) is 3.12. The van der Waals surface area contributed by atoms with Gasteiger partial charge >= 0.3 is 0 Å². The van der Waals surface area contributed by atoms with Gasteiger partial charge in [0.1, 0.15) is 5.69 Å². The number of hydrogen-bond donors (Lipinski definition) is 0. The molecule has 0 saturated heterocycles. The summed E-state index contributed by atoms with van der Waals surface area (Å²) in [7, 11) is 0. The van der Waals surface area contributed by atoms with Crippen molar-refractivity contribution in [2.75, 3.05) is 0 Å². The molecular weight excluding hydrogens is 328 g/mol. The van der Waals surface area contributed by atoms with Gasteiger partial charge in [-0.1, -0.05) is 30.3 Å². The molecule has 126 valence electrons. The van der Waals surface area contributed by atoms with Crippen LogP contribution in [0.3, 0.4) is 0 Å². The van der Waals surface area contributed by atoms with E-state index < -0.39 is 0 Å². The van der Waals surface area contributed by atoms with Crippen molar-refractivity contribution < 1.29 is 9.59 Å². The van der Waals surface area contributed by atoms with Crippen molar-refractivity contribution in [3.8, 4) is 11.3 Å². The SMILES string of the molecule is Cc1nc2ncccc2cc1C(=O)n1cc(C=O)c(-c2ccccc2)n1. The first kappa shape index (κ1) is 15.8. The molecule has 1 aromatic carbocycles. The molecular formula is C20H14N4O2. The Kier molecular flexibility index (Phi) is 3.85. The second-order valence-electron chi connectivity index (χ2n) is 5.84. The Bertz CT molecular complexity index is 1130. The zero-order valence-corrected chi connectivity index (χ0v) is 14.0. The van der Waals surface area contributed by atoms with Gasteiger partial charge in [0.15, 0.2) is 11.9 Å². The predicted octanol–water partition coefficient (Wildman–Crippen LogP) is 3.30. The highest BCUT2D eigenvalue weighted by atomic mass is 16.2. The van der Waals surface area contributed by atoms with Gasteiger partial charge in [0.05, 0.1) is 16.8 Å². The van der Waals surface area contributed by atoms with Gasteiger partial charge in [-0.05, 0) is 25.1 Å². The number of aromatic nitrogens is 4. The second kappa shape index (κ2) is 6.33. The molecule has 0 spiro atoms. The van der Waals surface area contributed by atoms with E-state index in [2.05, 4.69) is 15.1 Å². The second-order valence-corrected chi connectivity index (χ2v) is 5.84. The number of carbonyl (C=O) groups is 2. The Balaban J connectivity index is 1.81. The van der Waals surface area contributed by atoms with E-state index in [1.807, 2.05) is 36.4 Å². The molecule has 4 rings (SSSR count). The van der Waals surface area contributed by atoms with Crippen LogP contribution in [0.15, 0.2) is 60.9 Å². The summed E-state index contributed by atoms with van der Waals surface area (Å²) in [4.78, 5) is 33.0. The molecule has 0 bridgehead atoms. The van der Waals surface area contributed by atoms with E-state index in [1.165, 1.54) is 10.9 Å². The van der Waals surface area contributed by atoms with Crippen LogP contribution in [0.4, 0.5) is 0 Å². The van der Waals surface area contributed by atoms with Gasteiger partial charge in [-0.15, -0.1) is 0 Å². The zero-order chi connectivity index (χ0) is 18.1. The number of carbonyl (C=O) groups excluding carboxylic acids is 2. The standard InChI is InChI=1S/C20H14N4O2/c1-13-17(10-15-8-5-9-21-19(15)22-13)20(26)24-11-16(12-25)18(23-24)14-6-3-2-4-7-14/h2-12H,1H3. The van der Waals surface area contributed by atoms with Crippen LogP contribution in [-0.2, 0) is 0 Å². The highest BCUT2D eigenvalue weighted by Gasteiger charge is 2.18. The van der Waals surface area contributed by atoms with Gasteiger partial charge < -0.3 is 0 Å². The van der Waals surface area contributed by atoms with E-state index in [4.69, 9.17) is 0 Å². The van der Waals surface area contributed by atoms with Gasteiger partial charge in [-0.25, -0.2) is 14.6 Å². The molecule has 0 atom stereocenters. The van der Waals surface area contributed by atoms with Crippen molar-refractivity contribution in [2.45, 2.75) is 6.92 Å². The summed E-state index contributed by atoms with van der Waals surface area (Å²) >= 11 is 0. The Hall–Kier alpha value is -3.67. The molecule has 0 radical (unpaired) electrons. The van der Waals surface area contributed by atoms with Crippen molar-refractivity contribution in [1.82, 2.24) is 19.7 Å². The van der Waals surface area contributed by atoms with Gasteiger partial charge in [-0.3, -0.25) is 9.59 Å². The molecule has 6 heteroatoms. The molecule has 0 N–H and O–H groups in total. The van der Waals surface area contributed by atoms with E-state index in [1.54, 1.807) is 25.3 Å². The third kappa shape index (κ3) is 2.67. The van der Waals surface area contributed by atoms with Crippen LogP contribution in [0.1, 0.15) is 26.4 Å². The number of pyridine rings is 2. The molecule has 0 unspecified atom stereocenters. The van der Waals surface area contributed by atoms with Gasteiger partial charge in [0.2, 0.25) is 0 Å². The fourth-order valence-corrected chi connectivity index (χ4v) is 2.83. The van der Waals surface area contributed by atoms with Crippen LogP contribution in [0.25, 0.3) is 22.3 Å². The van der Waals surface area contributed by atoms with Crippen molar-refractivity contribution >= 4 is 23.2 Å². The molecule has 0 aliphatic carbocycles. The fraction of sp³-hybridized carbons (Fsp3) is 0.0500. The van der Waals surface area contributed by atoms with Gasteiger partial charge in [0.25, 0.3) is 5.91 Å². The minimum atomic E-state index is -0.342. The highest BCUT2D eigenvalue weighted by molar-refractivity contribution is 6.00. The van der Waals surface area contributed by atoms with Gasteiger partial charge in [0, 0.05) is 23.3 Å². The third-order valence-corrected chi connectivity index (χ3v) is 4.14. The lowest BCUT2D eigenvalue weighted by atomic mass is 10.1. The monoisotopic (exact) mass is 342 g/mol. The van der Waals surface area contributed by atoms with E-state index in [9.17, 15) is 9.59 Å². The largest absolute Gasteiger partial charge is 0.298 e. The lowest BCUT2D eigenvalue weighted by Gasteiger charge is -2.06. The van der Waals surface area contributed by atoms with Crippen LogP contribution in [0.2, 0.25) is 0 Å². The maximum atomic E-state index is 12.9. The van der Waals surface area contributed by atoms with Crippen molar-refractivity contribution in [3.63, 3.8) is 0 Å². The van der Waals surface area contributed by atoms with Crippen LogP contribution in [-0.4, -0.2) is 31.9 Å². The molecule has 3 heterocycles. The molecule has 6 nitrogen and oxygen atoms in total. The van der Waals surface area contributed by atoms with Gasteiger partial charge in [-0.2, -0.15) is 5.10 Å². The van der Waals surface area contributed by atoms with Crippen molar-refractivity contribution in [1.29, 1.82) is 0 Å². The Morgan fingerprint density at radius 2 is 1.92 bits per heavy atom. The highest BCUT2D eigenvalue weighted by Crippen LogP contribution is 2.22. The van der Waals surface area contributed by atoms with Crippen LogP contribution in [0.5, 0.6) is 0 Å². The number of nitrogens with zero attached hydrogens (tertiary/aromatic N) is 4. The third-order valence-electron chi connectivity index (χ3n) is 4.14. The summed E-state index contributed by atoms with van der Waals surface area (Å²) < 4.78 is 1.19. The lowest BCUT2D eigenvalue weighted by molar-refractivity contribution is 0.0944. The Morgan fingerprint density at radius 1 is 1.12 bits per heavy atom. The molecule has 0 amide bonds. The average molecular weight is 342 g/mol. The van der Waals surface area contributed by atoms with E-state index >= 15 is 0 Å². The smallest absolute Gasteiger partial charge is 0.280 e. The molecule has 0 aliphatic heterocycles. The van der Waals surface area contributed by atoms with E-state index in [0.29, 0.717) is 34.4 Å². The topological polar surface area (TPSA) is 77.7 Å². The first-order valence-corrected chi connectivity index (χ1v) is 8.04. The Morgan fingerprint density at radius 3 is 2.69 bits per heavy atom. The van der Waals surface area contributed by atoms with E-state index in [0.717, 1.165) is 10.9 Å². The molecule has 26 heavy (non-hydrogen) atoms. The normalized spacial score (nSPS) is 10.8. The van der Waals surface area contributed by atoms with Crippen LogP contribution >= 0.6 is 0 Å². The predicted molar refractivity (Wildman–Crippen MR) is 97.1 cm³/mol. The number of rotatable bonds is 3. The molecule has 4 aromatic rings. The number of fused-ring (bicyclic) bond motifs is 1. The molecule has 3 aromatic heterocycles. The molecule has 0 fully saturated rings. The van der Waals surface area contributed by atoms with Crippen LogP contribution in [0, 0.1) is 6.92 Å². The molecule has 0 aliphatic rings. The number of benzene rings is 1. The summed E-state index contributed by atoms with van der Waals surface area (Å²) in [5.74, 6) is -0.342. The van der Waals surface area contributed by atoms with Crippen molar-refractivity contribution in [3.05, 3.63) is 77.7 Å². The number of aryl methyl sites for hydroxylation is 1. The molecule has 0 saturated carbocycles. The van der Waals surface area contributed by atoms with E-state index in [-0.39, 0.29) is 5.91 Å². The summed E-state index contributed by atoms with van der Waals surface area (Å²) in [6, 6.07) is 14.7. The summed E-state index contributed by atoms with van der Waals surface area (Å²) in [5.41, 5.74) is 3.18. The quantitative estimate of drug-likeness (QED) is 0.534. The minimum Gasteiger partial charge on any atom is -0.298 e. The van der Waals surface area contributed by atoms with Crippen molar-refractivity contribution in [2.24, 2.45) is 0 Å². The Labute approximate surface area is 149 Å². The number of hydrogen-bond acceptors (Lipinski definition) is 5. The minimum absolute atomic E-state index is 0.342. The zero-order valence-electron chi connectivity index (χ0n) is 14.0.